The highest BCUT2D eigenvalue weighted by atomic mass is 16.5. The molecule has 0 saturated carbocycles. The molecule has 0 unspecified atom stereocenters. The summed E-state index contributed by atoms with van der Waals surface area (Å²) in [5.74, 6) is 0.665. The number of benzene rings is 1. The molecular weight excluding hydrogens is 292 g/mol. The van der Waals surface area contributed by atoms with Crippen molar-refractivity contribution in [3.63, 3.8) is 0 Å². The highest BCUT2D eigenvalue weighted by Crippen LogP contribution is 2.11. The Kier molecular flexibility index (Phi) is 8.80. The van der Waals surface area contributed by atoms with Crippen molar-refractivity contribution in [3.8, 4) is 5.75 Å². The monoisotopic (exact) mass is 320 g/mol. The Morgan fingerprint density at radius 1 is 1.17 bits per heavy atom. The van der Waals surface area contributed by atoms with Gasteiger partial charge in [0.25, 0.3) is 0 Å². The first-order chi connectivity index (χ1) is 11.1. The van der Waals surface area contributed by atoms with E-state index in [1.807, 2.05) is 24.3 Å². The van der Waals surface area contributed by atoms with Gasteiger partial charge in [0.1, 0.15) is 5.75 Å². The largest absolute Gasteiger partial charge is 0.497 e. The zero-order valence-electron chi connectivity index (χ0n) is 14.4. The summed E-state index contributed by atoms with van der Waals surface area (Å²) in [5, 5.41) is 2.87. The molecule has 1 rings (SSSR count). The van der Waals surface area contributed by atoms with Crippen LogP contribution in [0.25, 0.3) is 0 Å². The first-order valence-electron chi connectivity index (χ1n) is 8.22. The van der Waals surface area contributed by atoms with E-state index in [1.165, 1.54) is 6.92 Å². The minimum absolute atomic E-state index is 0.0496. The predicted molar refractivity (Wildman–Crippen MR) is 91.5 cm³/mol. The Bertz CT molecular complexity index is 486. The minimum Gasteiger partial charge on any atom is -0.497 e. The Morgan fingerprint density at radius 2 is 1.87 bits per heavy atom. The second kappa shape index (κ2) is 10.6. The van der Waals surface area contributed by atoms with Crippen molar-refractivity contribution in [2.75, 3.05) is 26.7 Å². The van der Waals surface area contributed by atoms with Gasteiger partial charge in [-0.3, -0.25) is 9.59 Å². The third kappa shape index (κ3) is 7.68. The minimum atomic E-state index is -0.106. The van der Waals surface area contributed by atoms with E-state index >= 15 is 0 Å². The first kappa shape index (κ1) is 19.0. The van der Waals surface area contributed by atoms with Crippen molar-refractivity contribution in [3.05, 3.63) is 29.8 Å². The molecule has 5 heteroatoms. The second-order valence-electron chi connectivity index (χ2n) is 5.60. The molecule has 1 aromatic rings. The molecule has 1 N–H and O–H groups in total. The van der Waals surface area contributed by atoms with E-state index in [-0.39, 0.29) is 18.4 Å². The topological polar surface area (TPSA) is 58.6 Å². The van der Waals surface area contributed by atoms with E-state index in [1.54, 1.807) is 12.0 Å². The lowest BCUT2D eigenvalue weighted by Gasteiger charge is -2.20. The molecule has 5 nitrogen and oxygen atoms in total. The number of amides is 2. The van der Waals surface area contributed by atoms with E-state index in [2.05, 4.69) is 12.2 Å². The molecule has 0 aliphatic rings. The van der Waals surface area contributed by atoms with Crippen LogP contribution < -0.4 is 10.1 Å². The van der Waals surface area contributed by atoms with Crippen LogP contribution in [0, 0.1) is 0 Å². The molecule has 0 aromatic heterocycles. The molecule has 0 aliphatic carbocycles. The second-order valence-corrected chi connectivity index (χ2v) is 5.60. The van der Waals surface area contributed by atoms with Crippen molar-refractivity contribution in [1.82, 2.24) is 10.2 Å². The Hall–Kier alpha value is -2.04. The van der Waals surface area contributed by atoms with Crippen LogP contribution >= 0.6 is 0 Å². The smallest absolute Gasteiger partial charge is 0.239 e. The van der Waals surface area contributed by atoms with Gasteiger partial charge in [-0.25, -0.2) is 0 Å². The maximum Gasteiger partial charge on any atom is 0.239 e. The number of nitrogens with one attached hydrogen (secondary N) is 1. The molecule has 128 valence electrons. The molecule has 0 radical (unpaired) electrons. The van der Waals surface area contributed by atoms with Crippen molar-refractivity contribution in [2.45, 2.75) is 39.5 Å². The summed E-state index contributed by atoms with van der Waals surface area (Å²) >= 11 is 0. The van der Waals surface area contributed by atoms with Crippen LogP contribution in [0.3, 0.4) is 0 Å². The van der Waals surface area contributed by atoms with Crippen LogP contribution in [0.15, 0.2) is 24.3 Å². The van der Waals surface area contributed by atoms with Crippen LogP contribution in [0.4, 0.5) is 0 Å². The average molecular weight is 320 g/mol. The van der Waals surface area contributed by atoms with E-state index in [4.69, 9.17) is 4.74 Å². The summed E-state index contributed by atoms with van der Waals surface area (Å²) in [6.45, 7) is 4.98. The van der Waals surface area contributed by atoms with Crippen LogP contribution in [0.5, 0.6) is 5.75 Å². The fraction of sp³-hybridized carbons (Fsp3) is 0.556. The number of carbonyl (C=O) groups excluding carboxylic acids is 2. The van der Waals surface area contributed by atoms with Gasteiger partial charge in [0.05, 0.1) is 13.7 Å². The van der Waals surface area contributed by atoms with E-state index in [9.17, 15) is 9.59 Å². The highest BCUT2D eigenvalue weighted by Gasteiger charge is 2.12. The average Bonchev–Trinajstić information content (AvgIpc) is 2.54. The number of unbranched alkanes of at least 4 members (excludes halogenated alkanes) is 2. The highest BCUT2D eigenvalue weighted by molar-refractivity contribution is 5.83. The summed E-state index contributed by atoms with van der Waals surface area (Å²) in [6.07, 6.45) is 3.86. The fourth-order valence-electron chi connectivity index (χ4n) is 2.27. The summed E-state index contributed by atoms with van der Waals surface area (Å²) < 4.78 is 5.11. The molecule has 0 heterocycles. The number of rotatable bonds is 10. The maximum atomic E-state index is 12.0. The van der Waals surface area contributed by atoms with Gasteiger partial charge < -0.3 is 15.0 Å². The Balaban J connectivity index is 2.32. The predicted octanol–water partition coefficient (Wildman–Crippen LogP) is 2.39. The molecule has 0 fully saturated rings. The zero-order chi connectivity index (χ0) is 17.1. The number of hydrogen-bond donors (Lipinski definition) is 1. The Morgan fingerprint density at radius 3 is 2.43 bits per heavy atom. The summed E-state index contributed by atoms with van der Waals surface area (Å²) in [6, 6.07) is 7.78. The molecule has 0 aliphatic heterocycles. The van der Waals surface area contributed by atoms with E-state index < -0.39 is 0 Å². The van der Waals surface area contributed by atoms with Gasteiger partial charge in [-0.05, 0) is 30.5 Å². The molecule has 0 saturated heterocycles. The summed E-state index contributed by atoms with van der Waals surface area (Å²) in [4.78, 5) is 25.1. The lowest BCUT2D eigenvalue weighted by atomic mass is 10.1. The standard InChI is InChI=1S/C18H28N2O3/c1-4-5-6-13-20(15(2)21)14-18(22)19-12-11-16-7-9-17(23-3)10-8-16/h7-10H,4-6,11-14H2,1-3H3,(H,19,22). The molecule has 0 atom stereocenters. The van der Waals surface area contributed by atoms with Crippen molar-refractivity contribution < 1.29 is 14.3 Å². The van der Waals surface area contributed by atoms with Gasteiger partial charge in [0, 0.05) is 20.0 Å². The summed E-state index contributed by atoms with van der Waals surface area (Å²) in [5.41, 5.74) is 1.14. The third-order valence-electron chi connectivity index (χ3n) is 3.71. The van der Waals surface area contributed by atoms with Gasteiger partial charge >= 0.3 is 0 Å². The quantitative estimate of drug-likeness (QED) is 0.674. The first-order valence-corrected chi connectivity index (χ1v) is 8.22. The zero-order valence-corrected chi connectivity index (χ0v) is 14.4. The van der Waals surface area contributed by atoms with Crippen LogP contribution in [0.2, 0.25) is 0 Å². The van der Waals surface area contributed by atoms with Gasteiger partial charge in [-0.1, -0.05) is 31.9 Å². The number of methoxy groups -OCH3 is 1. The van der Waals surface area contributed by atoms with Crippen LogP contribution in [-0.4, -0.2) is 43.5 Å². The summed E-state index contributed by atoms with van der Waals surface area (Å²) in [7, 11) is 1.64. The lowest BCUT2D eigenvalue weighted by Crippen LogP contribution is -2.40. The molecule has 0 bridgehead atoms. The van der Waals surface area contributed by atoms with Gasteiger partial charge in [0.2, 0.25) is 11.8 Å². The lowest BCUT2D eigenvalue weighted by molar-refractivity contribution is -0.134. The van der Waals surface area contributed by atoms with Gasteiger partial charge in [-0.2, -0.15) is 0 Å². The number of carbonyl (C=O) groups is 2. The third-order valence-corrected chi connectivity index (χ3v) is 3.71. The van der Waals surface area contributed by atoms with Crippen molar-refractivity contribution in [1.29, 1.82) is 0 Å². The van der Waals surface area contributed by atoms with E-state index in [0.29, 0.717) is 13.1 Å². The number of hydrogen-bond acceptors (Lipinski definition) is 3. The van der Waals surface area contributed by atoms with Crippen LogP contribution in [0.1, 0.15) is 38.7 Å². The molecule has 23 heavy (non-hydrogen) atoms. The number of nitrogens with zero attached hydrogens (tertiary/aromatic N) is 1. The SMILES string of the molecule is CCCCCN(CC(=O)NCCc1ccc(OC)cc1)C(C)=O. The normalized spacial score (nSPS) is 10.2. The fourth-order valence-corrected chi connectivity index (χ4v) is 2.27. The number of ether oxygens (including phenoxy) is 1. The molecule has 1 aromatic carbocycles. The maximum absolute atomic E-state index is 12.0. The molecular formula is C18H28N2O3. The van der Waals surface area contributed by atoms with Crippen molar-refractivity contribution in [2.24, 2.45) is 0 Å². The Labute approximate surface area is 139 Å². The molecule has 2 amide bonds. The van der Waals surface area contributed by atoms with Crippen LogP contribution in [-0.2, 0) is 16.0 Å². The molecule has 0 spiro atoms. The van der Waals surface area contributed by atoms with Gasteiger partial charge in [-0.15, -0.1) is 0 Å². The van der Waals surface area contributed by atoms with E-state index in [0.717, 1.165) is 37.0 Å². The van der Waals surface area contributed by atoms with Gasteiger partial charge in [0.15, 0.2) is 0 Å². The van der Waals surface area contributed by atoms with Crippen molar-refractivity contribution >= 4 is 11.8 Å².